The minimum absolute atomic E-state index is 0.364. The van der Waals surface area contributed by atoms with Crippen LogP contribution in [0, 0.1) is 0 Å². The van der Waals surface area contributed by atoms with E-state index in [0.29, 0.717) is 27.2 Å². The molecule has 0 radical (unpaired) electrons. The van der Waals surface area contributed by atoms with Gasteiger partial charge in [-0.1, -0.05) is 23.2 Å². The highest BCUT2D eigenvalue weighted by Gasteiger charge is 2.17. The Morgan fingerprint density at radius 3 is 2.35 bits per heavy atom. The minimum atomic E-state index is -3.34. The fourth-order valence-electron chi connectivity index (χ4n) is 2.01. The van der Waals surface area contributed by atoms with Crippen LogP contribution in [0.25, 0.3) is 0 Å². The lowest BCUT2D eigenvalue weighted by molar-refractivity contribution is -0.122. The molecular formula is C17H18Cl2N2O4S. The summed E-state index contributed by atoms with van der Waals surface area (Å²) in [5, 5.41) is 3.46. The quantitative estimate of drug-likeness (QED) is 0.776. The van der Waals surface area contributed by atoms with Crippen LogP contribution in [0.1, 0.15) is 6.92 Å². The number of carbonyl (C=O) groups excluding carboxylic acids is 1. The van der Waals surface area contributed by atoms with Crippen molar-refractivity contribution in [1.29, 1.82) is 0 Å². The molecule has 2 rings (SSSR count). The van der Waals surface area contributed by atoms with Gasteiger partial charge in [-0.25, -0.2) is 8.42 Å². The van der Waals surface area contributed by atoms with Gasteiger partial charge in [0.15, 0.2) is 6.10 Å². The first kappa shape index (κ1) is 20.4. The van der Waals surface area contributed by atoms with E-state index in [1.54, 1.807) is 49.4 Å². The van der Waals surface area contributed by atoms with Crippen molar-refractivity contribution in [3.05, 3.63) is 52.5 Å². The van der Waals surface area contributed by atoms with Gasteiger partial charge in [-0.15, -0.1) is 0 Å². The maximum atomic E-state index is 12.3. The number of anilines is 2. The van der Waals surface area contributed by atoms with E-state index < -0.39 is 22.0 Å². The van der Waals surface area contributed by atoms with Gasteiger partial charge < -0.3 is 10.1 Å². The van der Waals surface area contributed by atoms with Crippen molar-refractivity contribution in [3.8, 4) is 5.75 Å². The zero-order valence-corrected chi connectivity index (χ0v) is 16.7. The molecule has 0 heterocycles. The predicted octanol–water partition coefficient (Wildman–Crippen LogP) is 3.80. The van der Waals surface area contributed by atoms with Crippen molar-refractivity contribution in [2.75, 3.05) is 22.9 Å². The Bertz CT molecular complexity index is 901. The first-order valence-corrected chi connectivity index (χ1v) is 10.1. The summed E-state index contributed by atoms with van der Waals surface area (Å²) in [4.78, 5) is 12.3. The van der Waals surface area contributed by atoms with E-state index in [1.807, 2.05) is 0 Å². The Morgan fingerprint density at radius 2 is 1.77 bits per heavy atom. The molecule has 0 saturated heterocycles. The molecule has 0 aliphatic rings. The molecule has 0 spiro atoms. The van der Waals surface area contributed by atoms with Crippen LogP contribution >= 0.6 is 23.2 Å². The van der Waals surface area contributed by atoms with Gasteiger partial charge in [0.25, 0.3) is 5.91 Å². The molecule has 0 aromatic heterocycles. The number of benzene rings is 2. The Hall–Kier alpha value is -1.96. The number of hydrogen-bond donors (Lipinski definition) is 1. The van der Waals surface area contributed by atoms with Crippen molar-refractivity contribution >= 4 is 50.5 Å². The number of nitrogens with zero attached hydrogens (tertiary/aromatic N) is 1. The molecule has 26 heavy (non-hydrogen) atoms. The third kappa shape index (κ3) is 5.27. The molecule has 0 aliphatic carbocycles. The third-order valence-electron chi connectivity index (χ3n) is 3.57. The fourth-order valence-corrected chi connectivity index (χ4v) is 2.85. The molecule has 1 amide bonds. The maximum absolute atomic E-state index is 12.3. The molecule has 1 N–H and O–H groups in total. The summed E-state index contributed by atoms with van der Waals surface area (Å²) >= 11 is 11.9. The first-order valence-electron chi connectivity index (χ1n) is 7.54. The SMILES string of the molecule is C[C@H](Oc1ccc(N(C)S(C)(=O)=O)cc1)C(=O)Nc1cc(Cl)ccc1Cl. The maximum Gasteiger partial charge on any atom is 0.265 e. The highest BCUT2D eigenvalue weighted by molar-refractivity contribution is 7.92. The highest BCUT2D eigenvalue weighted by atomic mass is 35.5. The van der Waals surface area contributed by atoms with E-state index >= 15 is 0 Å². The van der Waals surface area contributed by atoms with Gasteiger partial charge in [0.1, 0.15) is 5.75 Å². The van der Waals surface area contributed by atoms with Crippen LogP contribution in [-0.4, -0.2) is 33.7 Å². The second-order valence-corrected chi connectivity index (χ2v) is 8.46. The van der Waals surface area contributed by atoms with Gasteiger partial charge in [-0.3, -0.25) is 9.10 Å². The van der Waals surface area contributed by atoms with Gasteiger partial charge in [0.05, 0.1) is 22.7 Å². The summed E-state index contributed by atoms with van der Waals surface area (Å²) in [6.07, 6.45) is 0.314. The van der Waals surface area contributed by atoms with Crippen LogP contribution in [0.4, 0.5) is 11.4 Å². The molecule has 2 aromatic carbocycles. The third-order valence-corrected chi connectivity index (χ3v) is 5.34. The molecular weight excluding hydrogens is 399 g/mol. The van der Waals surface area contributed by atoms with Crippen molar-refractivity contribution in [3.63, 3.8) is 0 Å². The smallest absolute Gasteiger partial charge is 0.265 e. The molecule has 0 fully saturated rings. The lowest BCUT2D eigenvalue weighted by Gasteiger charge is -2.18. The average molecular weight is 417 g/mol. The zero-order chi connectivity index (χ0) is 19.5. The summed E-state index contributed by atoms with van der Waals surface area (Å²) in [6, 6.07) is 11.1. The second-order valence-electron chi connectivity index (χ2n) is 5.60. The van der Waals surface area contributed by atoms with Crippen LogP contribution in [0.2, 0.25) is 10.0 Å². The molecule has 0 unspecified atom stereocenters. The van der Waals surface area contributed by atoms with E-state index in [4.69, 9.17) is 27.9 Å². The van der Waals surface area contributed by atoms with E-state index in [9.17, 15) is 13.2 Å². The van der Waals surface area contributed by atoms with Crippen molar-refractivity contribution in [2.24, 2.45) is 0 Å². The number of amides is 1. The van der Waals surface area contributed by atoms with E-state index in [2.05, 4.69) is 5.32 Å². The van der Waals surface area contributed by atoms with Gasteiger partial charge in [-0.05, 0) is 49.4 Å². The number of carbonyl (C=O) groups is 1. The van der Waals surface area contributed by atoms with Crippen LogP contribution < -0.4 is 14.4 Å². The number of rotatable bonds is 6. The number of sulfonamides is 1. The van der Waals surface area contributed by atoms with Crippen molar-refractivity contribution < 1.29 is 17.9 Å². The normalized spacial score (nSPS) is 12.3. The number of nitrogens with one attached hydrogen (secondary N) is 1. The number of hydrogen-bond acceptors (Lipinski definition) is 4. The van der Waals surface area contributed by atoms with Crippen LogP contribution in [0.5, 0.6) is 5.75 Å². The number of ether oxygens (including phenoxy) is 1. The topological polar surface area (TPSA) is 75.7 Å². The van der Waals surface area contributed by atoms with E-state index in [1.165, 1.54) is 7.05 Å². The van der Waals surface area contributed by atoms with E-state index in [-0.39, 0.29) is 0 Å². The Kier molecular flexibility index (Phi) is 6.39. The van der Waals surface area contributed by atoms with E-state index in [0.717, 1.165) is 10.6 Å². The highest BCUT2D eigenvalue weighted by Crippen LogP contribution is 2.26. The molecule has 0 bridgehead atoms. The van der Waals surface area contributed by atoms with Crippen LogP contribution in [0.3, 0.4) is 0 Å². The molecule has 6 nitrogen and oxygen atoms in total. The summed E-state index contributed by atoms with van der Waals surface area (Å²) < 4.78 is 29.8. The van der Waals surface area contributed by atoms with Gasteiger partial charge >= 0.3 is 0 Å². The summed E-state index contributed by atoms with van der Waals surface area (Å²) in [7, 11) is -1.89. The van der Waals surface area contributed by atoms with Crippen LogP contribution in [0.15, 0.2) is 42.5 Å². The summed E-state index contributed by atoms with van der Waals surface area (Å²) in [6.45, 7) is 1.59. The van der Waals surface area contributed by atoms with Crippen LogP contribution in [-0.2, 0) is 14.8 Å². The Labute approximate surface area is 162 Å². The largest absolute Gasteiger partial charge is 0.481 e. The average Bonchev–Trinajstić information content (AvgIpc) is 2.57. The Balaban J connectivity index is 2.04. The fraction of sp³-hybridized carbons (Fsp3) is 0.235. The first-order chi connectivity index (χ1) is 12.1. The molecule has 2 aromatic rings. The molecule has 0 saturated carbocycles. The standard InChI is InChI=1S/C17H18Cl2N2O4S/c1-11(17(22)20-16-10-12(18)4-9-15(16)19)25-14-7-5-13(6-8-14)21(2)26(3,23)24/h4-11H,1-3H3,(H,20,22)/t11-/m0/s1. The number of halogens is 2. The molecule has 140 valence electrons. The zero-order valence-electron chi connectivity index (χ0n) is 14.4. The lowest BCUT2D eigenvalue weighted by Crippen LogP contribution is -2.30. The lowest BCUT2D eigenvalue weighted by atomic mass is 10.2. The molecule has 0 aliphatic heterocycles. The van der Waals surface area contributed by atoms with Crippen molar-refractivity contribution in [2.45, 2.75) is 13.0 Å². The van der Waals surface area contributed by atoms with Gasteiger partial charge in [0.2, 0.25) is 10.0 Å². The van der Waals surface area contributed by atoms with Crippen molar-refractivity contribution in [1.82, 2.24) is 0 Å². The summed E-state index contributed by atoms with van der Waals surface area (Å²) in [5.41, 5.74) is 0.882. The Morgan fingerprint density at radius 1 is 1.15 bits per heavy atom. The molecule has 1 atom stereocenters. The summed E-state index contributed by atoms with van der Waals surface area (Å²) in [5.74, 6) is 0.0296. The predicted molar refractivity (Wildman–Crippen MR) is 105 cm³/mol. The monoisotopic (exact) mass is 416 g/mol. The van der Waals surface area contributed by atoms with Gasteiger partial charge in [0, 0.05) is 12.1 Å². The minimum Gasteiger partial charge on any atom is -0.481 e. The molecule has 9 heteroatoms. The van der Waals surface area contributed by atoms with Gasteiger partial charge in [-0.2, -0.15) is 0 Å². The second kappa shape index (κ2) is 8.16.